The third-order valence-corrected chi connectivity index (χ3v) is 6.08. The molecule has 2 aromatic heterocycles. The molecular formula is C26H27N5O2S. The third kappa shape index (κ3) is 5.63. The van der Waals surface area contributed by atoms with Gasteiger partial charge in [0.05, 0.1) is 12.4 Å². The zero-order valence-electron chi connectivity index (χ0n) is 19.4. The number of carbonyl (C=O) groups is 1. The lowest BCUT2D eigenvalue weighted by Crippen LogP contribution is -2.14. The summed E-state index contributed by atoms with van der Waals surface area (Å²) in [5.74, 6) is 1.99. The first-order valence-corrected chi connectivity index (χ1v) is 12.2. The van der Waals surface area contributed by atoms with Gasteiger partial charge in [0.2, 0.25) is 5.91 Å². The average Bonchev–Trinajstić information content (AvgIpc) is 3.28. The monoisotopic (exact) mass is 473 g/mol. The number of hydrogen-bond acceptors (Lipinski definition) is 6. The normalized spacial score (nSPS) is 10.9. The molecule has 1 amide bonds. The van der Waals surface area contributed by atoms with E-state index in [9.17, 15) is 4.79 Å². The second-order valence-electron chi connectivity index (χ2n) is 7.92. The highest BCUT2D eigenvalue weighted by Gasteiger charge is 2.18. The molecule has 0 saturated carbocycles. The number of carbonyl (C=O) groups excluding carboxylic acids is 1. The number of thioether (sulfide) groups is 1. The van der Waals surface area contributed by atoms with Gasteiger partial charge in [-0.25, -0.2) is 0 Å². The van der Waals surface area contributed by atoms with Gasteiger partial charge in [-0.15, -0.1) is 10.2 Å². The Labute approximate surface area is 203 Å². The Balaban J connectivity index is 1.54. The first-order valence-electron chi connectivity index (χ1n) is 11.2. The molecule has 8 heteroatoms. The second-order valence-corrected chi connectivity index (χ2v) is 8.87. The largest absolute Gasteiger partial charge is 0.494 e. The molecule has 0 spiro atoms. The van der Waals surface area contributed by atoms with E-state index in [4.69, 9.17) is 4.74 Å². The van der Waals surface area contributed by atoms with Crippen LogP contribution < -0.4 is 10.1 Å². The lowest BCUT2D eigenvalue weighted by Gasteiger charge is -2.12. The van der Waals surface area contributed by atoms with Gasteiger partial charge in [0.25, 0.3) is 0 Å². The first kappa shape index (κ1) is 23.5. The number of nitrogens with one attached hydrogen (secondary N) is 1. The number of amides is 1. The maximum absolute atomic E-state index is 12.6. The molecule has 0 saturated heterocycles. The minimum atomic E-state index is -0.105. The SMILES string of the molecule is CCOc1ccc(-n2c(SCC(=O)Nc3ccc(C(C)C)cc3)nnc2-c2cccnc2)cc1. The van der Waals surface area contributed by atoms with E-state index in [1.54, 1.807) is 12.4 Å². The topological polar surface area (TPSA) is 81.9 Å². The number of benzene rings is 2. The molecular weight excluding hydrogens is 446 g/mol. The van der Waals surface area contributed by atoms with Gasteiger partial charge in [-0.1, -0.05) is 37.7 Å². The van der Waals surface area contributed by atoms with Gasteiger partial charge in [-0.05, 0) is 66.9 Å². The van der Waals surface area contributed by atoms with E-state index >= 15 is 0 Å². The van der Waals surface area contributed by atoms with Crippen LogP contribution in [-0.4, -0.2) is 38.0 Å². The maximum atomic E-state index is 12.6. The van der Waals surface area contributed by atoms with Gasteiger partial charge < -0.3 is 10.1 Å². The van der Waals surface area contributed by atoms with Crippen LogP contribution in [0.5, 0.6) is 5.75 Å². The summed E-state index contributed by atoms with van der Waals surface area (Å²) in [6, 6.07) is 19.5. The number of ether oxygens (including phenoxy) is 1. The molecule has 2 heterocycles. The molecule has 0 bridgehead atoms. The molecule has 0 aliphatic carbocycles. The summed E-state index contributed by atoms with van der Waals surface area (Å²) < 4.78 is 7.50. The number of anilines is 1. The predicted octanol–water partition coefficient (Wildman–Crippen LogP) is 5.58. The zero-order valence-corrected chi connectivity index (χ0v) is 20.2. The summed E-state index contributed by atoms with van der Waals surface area (Å²) in [6.07, 6.45) is 3.46. The van der Waals surface area contributed by atoms with E-state index in [-0.39, 0.29) is 11.7 Å². The number of hydrogen-bond donors (Lipinski definition) is 1. The van der Waals surface area contributed by atoms with E-state index in [1.807, 2.05) is 72.2 Å². The van der Waals surface area contributed by atoms with Crippen LogP contribution in [0, 0.1) is 0 Å². The molecule has 1 N–H and O–H groups in total. The van der Waals surface area contributed by atoms with Crippen molar-refractivity contribution in [1.82, 2.24) is 19.7 Å². The number of nitrogens with zero attached hydrogens (tertiary/aromatic N) is 4. The van der Waals surface area contributed by atoms with E-state index in [0.29, 0.717) is 23.5 Å². The van der Waals surface area contributed by atoms with Crippen molar-refractivity contribution < 1.29 is 9.53 Å². The van der Waals surface area contributed by atoms with E-state index < -0.39 is 0 Å². The Kier molecular flexibility index (Phi) is 7.59. The summed E-state index contributed by atoms with van der Waals surface area (Å²) in [6.45, 7) is 6.84. The molecule has 0 aliphatic rings. The van der Waals surface area contributed by atoms with Gasteiger partial charge in [-0.2, -0.15) is 0 Å². The van der Waals surface area contributed by atoms with Crippen molar-refractivity contribution in [3.05, 3.63) is 78.6 Å². The molecule has 34 heavy (non-hydrogen) atoms. The standard InChI is InChI=1S/C26H27N5O2S/c1-4-33-23-13-11-22(12-14-23)31-25(20-6-5-15-27-16-20)29-30-26(31)34-17-24(32)28-21-9-7-19(8-10-21)18(2)3/h5-16,18H,4,17H2,1-3H3,(H,28,32). The van der Waals surface area contributed by atoms with Crippen molar-refractivity contribution in [3.63, 3.8) is 0 Å². The van der Waals surface area contributed by atoms with Crippen LogP contribution in [0.25, 0.3) is 17.1 Å². The molecule has 174 valence electrons. The fraction of sp³-hybridized carbons (Fsp3) is 0.231. The Morgan fingerprint density at radius 2 is 1.82 bits per heavy atom. The summed E-state index contributed by atoms with van der Waals surface area (Å²) >= 11 is 1.33. The highest BCUT2D eigenvalue weighted by molar-refractivity contribution is 7.99. The molecule has 4 rings (SSSR count). The van der Waals surface area contributed by atoms with Crippen LogP contribution in [0.1, 0.15) is 32.3 Å². The van der Waals surface area contributed by atoms with Crippen molar-refractivity contribution in [1.29, 1.82) is 0 Å². The Hall–Kier alpha value is -3.65. The first-order chi connectivity index (χ1) is 16.5. The Morgan fingerprint density at radius 1 is 1.06 bits per heavy atom. The summed E-state index contributed by atoms with van der Waals surface area (Å²) in [7, 11) is 0. The summed E-state index contributed by atoms with van der Waals surface area (Å²) in [4.78, 5) is 16.8. The van der Waals surface area contributed by atoms with Crippen LogP contribution in [0.2, 0.25) is 0 Å². The lowest BCUT2D eigenvalue weighted by atomic mass is 10.0. The summed E-state index contributed by atoms with van der Waals surface area (Å²) in [5.41, 5.74) is 3.72. The van der Waals surface area contributed by atoms with Gasteiger partial charge in [-0.3, -0.25) is 14.3 Å². The minimum Gasteiger partial charge on any atom is -0.494 e. The average molecular weight is 474 g/mol. The quantitative estimate of drug-likeness (QED) is 0.320. The number of pyridine rings is 1. The molecule has 7 nitrogen and oxygen atoms in total. The van der Waals surface area contributed by atoms with E-state index in [0.717, 1.165) is 22.7 Å². The fourth-order valence-corrected chi connectivity index (χ4v) is 4.17. The Bertz CT molecular complexity index is 1220. The van der Waals surface area contributed by atoms with Crippen LogP contribution in [0.3, 0.4) is 0 Å². The smallest absolute Gasteiger partial charge is 0.234 e. The second kappa shape index (κ2) is 11.0. The third-order valence-electron chi connectivity index (χ3n) is 5.15. The molecule has 2 aromatic carbocycles. The predicted molar refractivity (Wildman–Crippen MR) is 136 cm³/mol. The van der Waals surface area contributed by atoms with Crippen molar-refractivity contribution in [2.75, 3.05) is 17.7 Å². The molecule has 0 fully saturated rings. The zero-order chi connectivity index (χ0) is 23.9. The van der Waals surface area contributed by atoms with Gasteiger partial charge in [0.15, 0.2) is 11.0 Å². The van der Waals surface area contributed by atoms with Crippen LogP contribution in [0.15, 0.2) is 78.2 Å². The van der Waals surface area contributed by atoms with Crippen LogP contribution >= 0.6 is 11.8 Å². The Morgan fingerprint density at radius 3 is 2.47 bits per heavy atom. The van der Waals surface area contributed by atoms with Crippen LogP contribution in [0.4, 0.5) is 5.69 Å². The summed E-state index contributed by atoms with van der Waals surface area (Å²) in [5, 5.41) is 12.3. The number of rotatable bonds is 9. The maximum Gasteiger partial charge on any atom is 0.234 e. The highest BCUT2D eigenvalue weighted by atomic mass is 32.2. The van der Waals surface area contributed by atoms with Crippen LogP contribution in [-0.2, 0) is 4.79 Å². The highest BCUT2D eigenvalue weighted by Crippen LogP contribution is 2.29. The lowest BCUT2D eigenvalue weighted by molar-refractivity contribution is -0.113. The van der Waals surface area contributed by atoms with Crippen molar-refractivity contribution in [2.24, 2.45) is 0 Å². The molecule has 4 aromatic rings. The fourth-order valence-electron chi connectivity index (χ4n) is 3.41. The number of aromatic nitrogens is 4. The van der Waals surface area contributed by atoms with E-state index in [1.165, 1.54) is 17.3 Å². The van der Waals surface area contributed by atoms with Crippen molar-refractivity contribution in [2.45, 2.75) is 31.8 Å². The van der Waals surface area contributed by atoms with Crippen molar-refractivity contribution >= 4 is 23.4 Å². The molecule has 0 radical (unpaired) electrons. The molecule has 0 aliphatic heterocycles. The molecule has 0 unspecified atom stereocenters. The van der Waals surface area contributed by atoms with Gasteiger partial charge in [0.1, 0.15) is 5.75 Å². The van der Waals surface area contributed by atoms with Gasteiger partial charge >= 0.3 is 0 Å². The van der Waals surface area contributed by atoms with Crippen molar-refractivity contribution in [3.8, 4) is 22.8 Å². The van der Waals surface area contributed by atoms with Gasteiger partial charge in [0, 0.05) is 29.3 Å². The van der Waals surface area contributed by atoms with E-state index in [2.05, 4.69) is 34.3 Å². The minimum absolute atomic E-state index is 0.105. The molecule has 0 atom stereocenters.